The molecule has 0 saturated carbocycles. The highest BCUT2D eigenvalue weighted by molar-refractivity contribution is 5.82. The summed E-state index contributed by atoms with van der Waals surface area (Å²) in [6.45, 7) is 4.99. The molecular weight excluding hydrogens is 374 g/mol. The molecule has 0 radical (unpaired) electrons. The monoisotopic (exact) mass is 401 g/mol. The minimum Gasteiger partial charge on any atom is -1.00 e. The van der Waals surface area contributed by atoms with Crippen LogP contribution in [0.1, 0.15) is 29.5 Å². The molecule has 3 aliphatic heterocycles. The molecule has 3 aromatic carbocycles. The zero-order valence-corrected chi connectivity index (χ0v) is 17.6. The van der Waals surface area contributed by atoms with Crippen LogP contribution >= 0.6 is 0 Å². The molecule has 3 fully saturated rings. The first-order valence-corrected chi connectivity index (χ1v) is 10.6. The van der Waals surface area contributed by atoms with Gasteiger partial charge in [0, 0.05) is 18.4 Å². The van der Waals surface area contributed by atoms with E-state index >= 15 is 0 Å². The Hall–Kier alpha value is -2.35. The number of rotatable bonds is 4. The maximum atomic E-state index is 2.30. The van der Waals surface area contributed by atoms with Crippen LogP contribution in [0.25, 0.3) is 5.57 Å². The maximum Gasteiger partial charge on any atom is 0.105 e. The third-order valence-corrected chi connectivity index (χ3v) is 6.71. The molecule has 6 rings (SSSR count). The Morgan fingerprint density at radius 2 is 1.17 bits per heavy atom. The first-order valence-electron chi connectivity index (χ1n) is 10.6. The van der Waals surface area contributed by atoms with Gasteiger partial charge in [0.05, 0.1) is 13.1 Å². The smallest absolute Gasteiger partial charge is 0.105 e. The summed E-state index contributed by atoms with van der Waals surface area (Å²) in [6.07, 6.45) is 2.65. The Balaban J connectivity index is 0.00000205. The van der Waals surface area contributed by atoms with Crippen molar-refractivity contribution >= 4 is 5.57 Å². The van der Waals surface area contributed by atoms with Gasteiger partial charge in [-0.15, -0.1) is 0 Å². The molecule has 3 aromatic rings. The summed E-state index contributed by atoms with van der Waals surface area (Å²) in [5.74, 6) is 0.742. The van der Waals surface area contributed by atoms with Crippen LogP contribution < -0.4 is 12.4 Å². The van der Waals surface area contributed by atoms with Crippen LogP contribution in [0.2, 0.25) is 0 Å². The molecule has 0 spiro atoms. The topological polar surface area (TPSA) is 0 Å². The number of fused-ring (bicyclic) bond motifs is 3. The highest BCUT2D eigenvalue weighted by atomic mass is 35.5. The fourth-order valence-corrected chi connectivity index (χ4v) is 5.33. The van der Waals surface area contributed by atoms with Crippen LogP contribution in [0.4, 0.5) is 0 Å². The first-order chi connectivity index (χ1) is 13.8. The van der Waals surface area contributed by atoms with Gasteiger partial charge in [-0.1, -0.05) is 91.0 Å². The second-order valence-electron chi connectivity index (χ2n) is 8.50. The number of halogens is 1. The average molecular weight is 402 g/mol. The van der Waals surface area contributed by atoms with E-state index in [0.717, 1.165) is 12.5 Å². The summed E-state index contributed by atoms with van der Waals surface area (Å²) in [7, 11) is 0. The molecule has 3 heterocycles. The summed E-state index contributed by atoms with van der Waals surface area (Å²) in [6, 6.07) is 33.2. The third-order valence-electron chi connectivity index (χ3n) is 6.71. The van der Waals surface area contributed by atoms with E-state index in [1.807, 2.05) is 0 Å². The summed E-state index contributed by atoms with van der Waals surface area (Å²) in [5.41, 5.74) is 7.39. The number of hydrogen-bond acceptors (Lipinski definition) is 0. The van der Waals surface area contributed by atoms with Gasteiger partial charge in [-0.3, -0.25) is 0 Å². The fourth-order valence-electron chi connectivity index (χ4n) is 5.33. The average Bonchev–Trinajstić information content (AvgIpc) is 2.77. The van der Waals surface area contributed by atoms with Gasteiger partial charge < -0.3 is 16.9 Å². The molecule has 0 unspecified atom stereocenters. The van der Waals surface area contributed by atoms with Crippen LogP contribution in [0, 0.1) is 5.92 Å². The van der Waals surface area contributed by atoms with Crippen molar-refractivity contribution in [3.05, 3.63) is 113 Å². The van der Waals surface area contributed by atoms with Crippen LogP contribution in [0.15, 0.2) is 96.6 Å². The molecule has 2 bridgehead atoms. The van der Waals surface area contributed by atoms with Gasteiger partial charge in [0.15, 0.2) is 0 Å². The number of quaternary nitrogens is 1. The van der Waals surface area contributed by atoms with Crippen LogP contribution in [0.3, 0.4) is 0 Å². The van der Waals surface area contributed by atoms with Crippen molar-refractivity contribution in [2.24, 2.45) is 5.92 Å². The Kier molecular flexibility index (Phi) is 5.89. The highest BCUT2D eigenvalue weighted by Gasteiger charge is 2.44. The molecule has 148 valence electrons. The lowest BCUT2D eigenvalue weighted by Gasteiger charge is -2.51. The van der Waals surface area contributed by atoms with Crippen molar-refractivity contribution in [1.29, 1.82) is 0 Å². The van der Waals surface area contributed by atoms with E-state index < -0.39 is 0 Å². The predicted octanol–water partition coefficient (Wildman–Crippen LogP) is 2.93. The Morgan fingerprint density at radius 1 is 0.690 bits per heavy atom. The minimum atomic E-state index is 0. The molecule has 0 N–H and O–H groups in total. The van der Waals surface area contributed by atoms with Gasteiger partial charge in [0.25, 0.3) is 0 Å². The highest BCUT2D eigenvalue weighted by Crippen LogP contribution is 2.43. The summed E-state index contributed by atoms with van der Waals surface area (Å²) in [4.78, 5) is 0. The lowest BCUT2D eigenvalue weighted by molar-refractivity contribution is -0.948. The van der Waals surface area contributed by atoms with E-state index in [-0.39, 0.29) is 12.4 Å². The van der Waals surface area contributed by atoms with Crippen LogP contribution in [-0.4, -0.2) is 24.1 Å². The number of benzene rings is 3. The third kappa shape index (κ3) is 4.03. The van der Waals surface area contributed by atoms with Crippen molar-refractivity contribution in [2.75, 3.05) is 19.6 Å². The van der Waals surface area contributed by atoms with Crippen molar-refractivity contribution in [2.45, 2.75) is 19.4 Å². The Morgan fingerprint density at radius 3 is 1.69 bits per heavy atom. The summed E-state index contributed by atoms with van der Waals surface area (Å²) in [5, 5.41) is 0. The first kappa shape index (κ1) is 19.9. The zero-order chi connectivity index (χ0) is 18.8. The molecule has 0 aromatic heterocycles. The van der Waals surface area contributed by atoms with Crippen molar-refractivity contribution in [3.63, 3.8) is 0 Å². The molecule has 3 saturated heterocycles. The summed E-state index contributed by atoms with van der Waals surface area (Å²) < 4.78 is 1.22. The van der Waals surface area contributed by atoms with Crippen LogP contribution in [-0.2, 0) is 6.54 Å². The van der Waals surface area contributed by atoms with Gasteiger partial charge in [0.2, 0.25) is 0 Å². The van der Waals surface area contributed by atoms with Gasteiger partial charge in [-0.05, 0) is 28.2 Å². The molecule has 0 amide bonds. The SMILES string of the molecule is [Cl-].c1ccc(C[N+]23CCC(CC2)C(=C(c2ccccc2)c2ccccc2)C3)cc1. The molecule has 2 heteroatoms. The molecule has 0 atom stereocenters. The lowest BCUT2D eigenvalue weighted by Crippen LogP contribution is -3.00. The Labute approximate surface area is 180 Å². The number of nitrogens with zero attached hydrogens (tertiary/aromatic N) is 1. The largest absolute Gasteiger partial charge is 1.00 e. The van der Waals surface area contributed by atoms with E-state index in [2.05, 4.69) is 91.0 Å². The number of piperidine rings is 3. The van der Waals surface area contributed by atoms with E-state index in [1.165, 1.54) is 59.2 Å². The van der Waals surface area contributed by atoms with Crippen molar-refractivity contribution < 1.29 is 16.9 Å². The van der Waals surface area contributed by atoms with Crippen molar-refractivity contribution in [1.82, 2.24) is 0 Å². The van der Waals surface area contributed by atoms with E-state index in [9.17, 15) is 0 Å². The molecule has 1 nitrogen and oxygen atoms in total. The Bertz CT molecular complexity index is 914. The second-order valence-corrected chi connectivity index (χ2v) is 8.50. The predicted molar refractivity (Wildman–Crippen MR) is 117 cm³/mol. The standard InChI is InChI=1S/C27H28N.ClH/c1-4-10-22(11-5-1)20-28-18-16-23(17-19-28)26(21-28)27(24-12-6-2-7-13-24)25-14-8-3-9-15-25;/h1-15,23H,16-21H2;1H/q+1;/p-1. The van der Waals surface area contributed by atoms with Gasteiger partial charge >= 0.3 is 0 Å². The second kappa shape index (κ2) is 8.57. The fraction of sp³-hybridized carbons (Fsp3) is 0.259. The maximum absolute atomic E-state index is 2.30. The normalized spacial score (nSPS) is 22.8. The quantitative estimate of drug-likeness (QED) is 0.590. The molecule has 0 aliphatic carbocycles. The number of hydrogen-bond donors (Lipinski definition) is 0. The lowest BCUT2D eigenvalue weighted by atomic mass is 9.76. The van der Waals surface area contributed by atoms with Gasteiger partial charge in [0.1, 0.15) is 13.1 Å². The van der Waals surface area contributed by atoms with Crippen LogP contribution in [0.5, 0.6) is 0 Å². The minimum absolute atomic E-state index is 0. The van der Waals surface area contributed by atoms with E-state index in [0.29, 0.717) is 0 Å². The molecular formula is C27H28ClN. The van der Waals surface area contributed by atoms with E-state index in [4.69, 9.17) is 0 Å². The van der Waals surface area contributed by atoms with E-state index in [1.54, 1.807) is 5.57 Å². The zero-order valence-electron chi connectivity index (χ0n) is 16.8. The molecule has 3 aliphatic rings. The van der Waals surface area contributed by atoms with Gasteiger partial charge in [-0.2, -0.15) is 0 Å². The van der Waals surface area contributed by atoms with Crippen molar-refractivity contribution in [3.8, 4) is 0 Å². The van der Waals surface area contributed by atoms with Gasteiger partial charge in [-0.25, -0.2) is 0 Å². The molecule has 29 heavy (non-hydrogen) atoms. The summed E-state index contributed by atoms with van der Waals surface area (Å²) >= 11 is 0.